The second-order valence-electron chi connectivity index (χ2n) is 8.26. The second-order valence-corrected chi connectivity index (χ2v) is 9.04. The van der Waals surface area contributed by atoms with Crippen molar-refractivity contribution in [2.24, 2.45) is 0 Å². The molecule has 0 aliphatic carbocycles. The monoisotopic (exact) mass is 404 g/mol. The Bertz CT molecular complexity index is 787. The summed E-state index contributed by atoms with van der Waals surface area (Å²) in [6.45, 7) is 7.48. The largest absolute Gasteiger partial charge is 0.349 e. The maximum atomic E-state index is 12.4. The lowest BCUT2D eigenvalue weighted by Gasteiger charge is -2.32. The standard InChI is InChI=1S/C20H28N4O3S/c1-20(2,3)19-22-16(27-23-19)5-4-6-17(25)24-10-7-15(8-11-24)21-18(26)14-9-12-28-13-14/h9,12-13,15H,4-8,10-11H2,1-3H3,(H,21,26). The van der Waals surface area contributed by atoms with Gasteiger partial charge in [0.1, 0.15) is 0 Å². The summed E-state index contributed by atoms with van der Waals surface area (Å²) in [5.74, 6) is 1.41. The molecule has 0 spiro atoms. The number of aromatic nitrogens is 2. The number of carbonyl (C=O) groups excluding carboxylic acids is 2. The first kappa shape index (κ1) is 20.5. The lowest BCUT2D eigenvalue weighted by atomic mass is 9.96. The number of piperidine rings is 1. The van der Waals surface area contributed by atoms with Gasteiger partial charge in [0.2, 0.25) is 11.8 Å². The van der Waals surface area contributed by atoms with Crippen molar-refractivity contribution in [1.29, 1.82) is 0 Å². The number of likely N-dealkylation sites (tertiary alicyclic amines) is 1. The van der Waals surface area contributed by atoms with Crippen molar-refractivity contribution in [3.05, 3.63) is 34.1 Å². The summed E-state index contributed by atoms with van der Waals surface area (Å²) >= 11 is 1.51. The number of amides is 2. The number of hydrogen-bond donors (Lipinski definition) is 1. The number of nitrogens with one attached hydrogen (secondary N) is 1. The van der Waals surface area contributed by atoms with Gasteiger partial charge in [-0.25, -0.2) is 0 Å². The van der Waals surface area contributed by atoms with Gasteiger partial charge in [-0.3, -0.25) is 9.59 Å². The minimum absolute atomic E-state index is 0.0276. The van der Waals surface area contributed by atoms with Crippen LogP contribution in [0.4, 0.5) is 0 Å². The van der Waals surface area contributed by atoms with Crippen LogP contribution in [0.1, 0.15) is 68.5 Å². The smallest absolute Gasteiger partial charge is 0.252 e. The Kier molecular flexibility index (Phi) is 6.49. The molecule has 0 unspecified atom stereocenters. The maximum Gasteiger partial charge on any atom is 0.252 e. The Hall–Kier alpha value is -2.22. The predicted octanol–water partition coefficient (Wildman–Crippen LogP) is 3.17. The summed E-state index contributed by atoms with van der Waals surface area (Å²) in [6.07, 6.45) is 3.36. The molecule has 1 fully saturated rings. The third kappa shape index (κ3) is 5.41. The van der Waals surface area contributed by atoms with Crippen LogP contribution in [-0.2, 0) is 16.6 Å². The van der Waals surface area contributed by atoms with Crippen LogP contribution in [0.5, 0.6) is 0 Å². The highest BCUT2D eigenvalue weighted by molar-refractivity contribution is 7.08. The molecule has 0 bridgehead atoms. The zero-order chi connectivity index (χ0) is 20.1. The van der Waals surface area contributed by atoms with Crippen LogP contribution >= 0.6 is 11.3 Å². The van der Waals surface area contributed by atoms with E-state index in [4.69, 9.17) is 4.52 Å². The molecular weight excluding hydrogens is 376 g/mol. The third-order valence-electron chi connectivity index (χ3n) is 4.89. The molecule has 2 amide bonds. The minimum atomic E-state index is -0.138. The van der Waals surface area contributed by atoms with Crippen LogP contribution in [0.2, 0.25) is 0 Å². The van der Waals surface area contributed by atoms with Gasteiger partial charge in [0.05, 0.1) is 0 Å². The van der Waals surface area contributed by atoms with Gasteiger partial charge < -0.3 is 14.7 Å². The average Bonchev–Trinajstić information content (AvgIpc) is 3.34. The average molecular weight is 405 g/mol. The van der Waals surface area contributed by atoms with Gasteiger partial charge in [-0.1, -0.05) is 25.9 Å². The van der Waals surface area contributed by atoms with Crippen LogP contribution < -0.4 is 5.32 Å². The van der Waals surface area contributed by atoms with Gasteiger partial charge in [-0.2, -0.15) is 16.3 Å². The molecule has 0 radical (unpaired) electrons. The van der Waals surface area contributed by atoms with E-state index in [1.165, 1.54) is 11.3 Å². The van der Waals surface area contributed by atoms with Gasteiger partial charge in [0.15, 0.2) is 5.82 Å². The van der Waals surface area contributed by atoms with Gasteiger partial charge in [0, 0.05) is 48.3 Å². The minimum Gasteiger partial charge on any atom is -0.349 e. The molecule has 2 aromatic rings. The quantitative estimate of drug-likeness (QED) is 0.799. The van der Waals surface area contributed by atoms with E-state index in [-0.39, 0.29) is 23.3 Å². The van der Waals surface area contributed by atoms with Crippen molar-refractivity contribution in [2.45, 2.75) is 64.3 Å². The zero-order valence-electron chi connectivity index (χ0n) is 16.7. The van der Waals surface area contributed by atoms with Crippen molar-refractivity contribution < 1.29 is 14.1 Å². The molecule has 7 nitrogen and oxygen atoms in total. The normalized spacial score (nSPS) is 15.6. The molecule has 3 heterocycles. The van der Waals surface area contributed by atoms with Gasteiger partial charge in [-0.15, -0.1) is 0 Å². The predicted molar refractivity (Wildman–Crippen MR) is 107 cm³/mol. The fourth-order valence-corrected chi connectivity index (χ4v) is 3.78. The first-order valence-electron chi connectivity index (χ1n) is 9.77. The van der Waals surface area contributed by atoms with Gasteiger partial charge in [0.25, 0.3) is 5.91 Å². The molecule has 8 heteroatoms. The Morgan fingerprint density at radius 2 is 2.07 bits per heavy atom. The Labute approximate surface area is 169 Å². The molecule has 1 N–H and O–H groups in total. The zero-order valence-corrected chi connectivity index (χ0v) is 17.6. The van der Waals surface area contributed by atoms with Crippen molar-refractivity contribution in [1.82, 2.24) is 20.4 Å². The second kappa shape index (κ2) is 8.86. The molecular formula is C20H28N4O3S. The van der Waals surface area contributed by atoms with Crippen molar-refractivity contribution >= 4 is 23.2 Å². The Morgan fingerprint density at radius 1 is 1.32 bits per heavy atom. The first-order chi connectivity index (χ1) is 13.3. The molecule has 152 valence electrons. The van der Waals surface area contributed by atoms with Crippen LogP contribution in [0.25, 0.3) is 0 Å². The van der Waals surface area contributed by atoms with E-state index >= 15 is 0 Å². The highest BCUT2D eigenvalue weighted by Gasteiger charge is 2.24. The number of carbonyl (C=O) groups is 2. The molecule has 2 aromatic heterocycles. The first-order valence-corrected chi connectivity index (χ1v) is 10.7. The highest BCUT2D eigenvalue weighted by Crippen LogP contribution is 2.19. The van der Waals surface area contributed by atoms with Crippen molar-refractivity contribution in [3.8, 4) is 0 Å². The summed E-state index contributed by atoms with van der Waals surface area (Å²) < 4.78 is 5.27. The van der Waals surface area contributed by atoms with E-state index < -0.39 is 0 Å². The SMILES string of the molecule is CC(C)(C)c1noc(CCCC(=O)N2CCC(NC(=O)c3ccsc3)CC2)n1. The lowest BCUT2D eigenvalue weighted by Crippen LogP contribution is -2.46. The molecule has 1 aliphatic rings. The number of nitrogens with zero attached hydrogens (tertiary/aromatic N) is 3. The van der Waals surface area contributed by atoms with E-state index in [1.54, 1.807) is 0 Å². The summed E-state index contributed by atoms with van der Waals surface area (Å²) in [7, 11) is 0. The van der Waals surface area contributed by atoms with E-state index in [1.807, 2.05) is 42.5 Å². The van der Waals surface area contributed by atoms with Gasteiger partial charge in [-0.05, 0) is 30.7 Å². The summed E-state index contributed by atoms with van der Waals surface area (Å²) in [5.41, 5.74) is 0.569. The number of aryl methyl sites for hydroxylation is 1. The van der Waals surface area contributed by atoms with E-state index in [2.05, 4.69) is 15.5 Å². The highest BCUT2D eigenvalue weighted by atomic mass is 32.1. The van der Waals surface area contributed by atoms with E-state index in [9.17, 15) is 9.59 Å². The third-order valence-corrected chi connectivity index (χ3v) is 5.57. The molecule has 1 saturated heterocycles. The summed E-state index contributed by atoms with van der Waals surface area (Å²) in [5, 5.41) is 10.8. The molecule has 0 saturated carbocycles. The molecule has 0 atom stereocenters. The van der Waals surface area contributed by atoms with Crippen LogP contribution in [0, 0.1) is 0 Å². The van der Waals surface area contributed by atoms with Crippen molar-refractivity contribution in [3.63, 3.8) is 0 Å². The lowest BCUT2D eigenvalue weighted by molar-refractivity contribution is -0.132. The van der Waals surface area contributed by atoms with E-state index in [0.717, 1.165) is 12.8 Å². The topological polar surface area (TPSA) is 88.3 Å². The van der Waals surface area contributed by atoms with E-state index in [0.29, 0.717) is 49.6 Å². The van der Waals surface area contributed by atoms with Crippen LogP contribution in [0.15, 0.2) is 21.3 Å². The Balaban J connectivity index is 1.37. The molecule has 3 rings (SSSR count). The maximum absolute atomic E-state index is 12.4. The fraction of sp³-hybridized carbons (Fsp3) is 0.600. The summed E-state index contributed by atoms with van der Waals surface area (Å²) in [6, 6.07) is 1.96. The Morgan fingerprint density at radius 3 is 2.68 bits per heavy atom. The van der Waals surface area contributed by atoms with Crippen LogP contribution in [-0.4, -0.2) is 46.0 Å². The van der Waals surface area contributed by atoms with Crippen LogP contribution in [0.3, 0.4) is 0 Å². The molecule has 1 aliphatic heterocycles. The number of hydrogen-bond acceptors (Lipinski definition) is 6. The fourth-order valence-electron chi connectivity index (χ4n) is 3.15. The number of rotatable bonds is 6. The number of thiophene rings is 1. The summed E-state index contributed by atoms with van der Waals surface area (Å²) in [4.78, 5) is 30.9. The van der Waals surface area contributed by atoms with Gasteiger partial charge >= 0.3 is 0 Å². The molecule has 28 heavy (non-hydrogen) atoms. The molecule has 0 aromatic carbocycles. The van der Waals surface area contributed by atoms with Crippen molar-refractivity contribution in [2.75, 3.05) is 13.1 Å².